The van der Waals surface area contributed by atoms with Crippen LogP contribution in [0.3, 0.4) is 0 Å². The van der Waals surface area contributed by atoms with Gasteiger partial charge in [-0.15, -0.1) is 0 Å². The Hall–Kier alpha value is -2.65. The molecule has 0 aliphatic carbocycles. The molecule has 1 amide bonds. The van der Waals surface area contributed by atoms with Gasteiger partial charge < -0.3 is 5.32 Å². The average Bonchev–Trinajstić information content (AvgIpc) is 2.96. The van der Waals surface area contributed by atoms with Crippen molar-refractivity contribution in [2.45, 2.75) is 33.7 Å². The summed E-state index contributed by atoms with van der Waals surface area (Å²) in [4.78, 5) is 14.5. The van der Waals surface area contributed by atoms with Crippen molar-refractivity contribution in [3.8, 4) is 11.8 Å². The Kier molecular flexibility index (Phi) is 5.60. The minimum Gasteiger partial charge on any atom is -0.308 e. The fraction of sp³-hybridized carbons (Fsp3) is 0.421. The summed E-state index contributed by atoms with van der Waals surface area (Å²) in [5.74, 6) is 0.225. The summed E-state index contributed by atoms with van der Waals surface area (Å²) < 4.78 is 1.57. The SMILES string of the molecule is C[C@H](N(C)CC(=O)Nc1c(C#N)cnn1-c1ccccc1)C(C)(C)C. The molecule has 1 aromatic heterocycles. The third-order valence-electron chi connectivity index (χ3n) is 4.46. The van der Waals surface area contributed by atoms with Gasteiger partial charge in [0.05, 0.1) is 18.4 Å². The highest BCUT2D eigenvalue weighted by molar-refractivity contribution is 5.92. The van der Waals surface area contributed by atoms with E-state index in [2.05, 4.69) is 44.2 Å². The van der Waals surface area contributed by atoms with Crippen LogP contribution >= 0.6 is 0 Å². The Balaban J connectivity index is 2.19. The van der Waals surface area contributed by atoms with Crippen molar-refractivity contribution >= 4 is 11.7 Å². The molecule has 132 valence electrons. The molecule has 0 radical (unpaired) electrons. The lowest BCUT2D eigenvalue weighted by Gasteiger charge is -2.34. The molecular weight excluding hydrogens is 314 g/mol. The molecule has 0 saturated heterocycles. The molecule has 0 bridgehead atoms. The number of nitrogens with zero attached hydrogens (tertiary/aromatic N) is 4. The molecule has 2 rings (SSSR count). The van der Waals surface area contributed by atoms with E-state index < -0.39 is 0 Å². The van der Waals surface area contributed by atoms with Gasteiger partial charge >= 0.3 is 0 Å². The van der Waals surface area contributed by atoms with Gasteiger partial charge in [0.1, 0.15) is 11.6 Å². The second kappa shape index (κ2) is 7.49. The van der Waals surface area contributed by atoms with E-state index in [0.29, 0.717) is 11.4 Å². The molecule has 1 N–H and O–H groups in total. The van der Waals surface area contributed by atoms with Gasteiger partial charge in [0.25, 0.3) is 0 Å². The van der Waals surface area contributed by atoms with Crippen LogP contribution in [0.5, 0.6) is 0 Å². The number of para-hydroxylation sites is 1. The van der Waals surface area contributed by atoms with Crippen molar-refractivity contribution in [3.63, 3.8) is 0 Å². The molecule has 6 nitrogen and oxygen atoms in total. The zero-order chi connectivity index (χ0) is 18.6. The number of hydrogen-bond donors (Lipinski definition) is 1. The summed E-state index contributed by atoms with van der Waals surface area (Å²) in [7, 11) is 1.93. The van der Waals surface area contributed by atoms with E-state index in [0.717, 1.165) is 5.69 Å². The quantitative estimate of drug-likeness (QED) is 0.908. The average molecular weight is 339 g/mol. The van der Waals surface area contributed by atoms with Gasteiger partial charge in [-0.3, -0.25) is 9.69 Å². The molecule has 25 heavy (non-hydrogen) atoms. The zero-order valence-electron chi connectivity index (χ0n) is 15.4. The zero-order valence-corrected chi connectivity index (χ0v) is 15.4. The Morgan fingerprint density at radius 3 is 2.56 bits per heavy atom. The summed E-state index contributed by atoms with van der Waals surface area (Å²) in [5, 5.41) is 16.4. The molecule has 0 aliphatic rings. The van der Waals surface area contributed by atoms with Crippen LogP contribution in [0.2, 0.25) is 0 Å². The number of amides is 1. The fourth-order valence-electron chi connectivity index (χ4n) is 2.51. The lowest BCUT2D eigenvalue weighted by molar-refractivity contribution is -0.117. The van der Waals surface area contributed by atoms with Crippen LogP contribution in [0.25, 0.3) is 5.69 Å². The van der Waals surface area contributed by atoms with Crippen LogP contribution in [0.15, 0.2) is 36.5 Å². The second-order valence-electron chi connectivity index (χ2n) is 7.27. The standard InChI is InChI=1S/C19H25N5O/c1-14(19(2,3)4)23(5)13-17(25)22-18-15(11-20)12-21-24(18)16-9-7-6-8-10-16/h6-10,12,14H,13H2,1-5H3,(H,22,25)/t14-/m0/s1. The van der Waals surface area contributed by atoms with Crippen LogP contribution in [0.1, 0.15) is 33.3 Å². The minimum atomic E-state index is -0.173. The van der Waals surface area contributed by atoms with E-state index in [1.54, 1.807) is 4.68 Å². The van der Waals surface area contributed by atoms with Crippen molar-refractivity contribution in [1.82, 2.24) is 14.7 Å². The first-order valence-corrected chi connectivity index (χ1v) is 8.27. The Bertz CT molecular complexity index is 767. The molecule has 0 spiro atoms. The van der Waals surface area contributed by atoms with Gasteiger partial charge in [-0.05, 0) is 31.5 Å². The fourth-order valence-corrected chi connectivity index (χ4v) is 2.51. The summed E-state index contributed by atoms with van der Waals surface area (Å²) >= 11 is 0. The molecular formula is C19H25N5O. The summed E-state index contributed by atoms with van der Waals surface area (Å²) in [6.45, 7) is 8.77. The summed E-state index contributed by atoms with van der Waals surface area (Å²) in [6.07, 6.45) is 1.46. The molecule has 0 unspecified atom stereocenters. The normalized spacial score (nSPS) is 12.7. The van der Waals surface area contributed by atoms with E-state index in [9.17, 15) is 10.1 Å². The maximum atomic E-state index is 12.5. The molecule has 1 heterocycles. The third kappa shape index (κ3) is 4.46. The number of likely N-dealkylation sites (N-methyl/N-ethyl adjacent to an activating group) is 1. The van der Waals surface area contributed by atoms with Crippen molar-refractivity contribution in [3.05, 3.63) is 42.1 Å². The van der Waals surface area contributed by atoms with Crippen LogP contribution in [0.4, 0.5) is 5.82 Å². The molecule has 0 aliphatic heterocycles. The first-order valence-electron chi connectivity index (χ1n) is 8.27. The van der Waals surface area contributed by atoms with Crippen LogP contribution in [-0.2, 0) is 4.79 Å². The van der Waals surface area contributed by atoms with Gasteiger partial charge in [-0.2, -0.15) is 10.4 Å². The van der Waals surface area contributed by atoms with Gasteiger partial charge in [0.15, 0.2) is 5.82 Å². The number of carbonyl (C=O) groups is 1. The first kappa shape index (κ1) is 18.7. The highest BCUT2D eigenvalue weighted by atomic mass is 16.2. The molecule has 1 aromatic carbocycles. The first-order chi connectivity index (χ1) is 11.7. The molecule has 0 fully saturated rings. The van der Waals surface area contributed by atoms with E-state index >= 15 is 0 Å². The predicted molar refractivity (Wildman–Crippen MR) is 98.5 cm³/mol. The van der Waals surface area contributed by atoms with Crippen LogP contribution < -0.4 is 5.32 Å². The maximum Gasteiger partial charge on any atom is 0.239 e. The van der Waals surface area contributed by atoms with E-state index in [4.69, 9.17) is 0 Å². The maximum absolute atomic E-state index is 12.5. The molecule has 0 saturated carbocycles. The number of nitrogens with one attached hydrogen (secondary N) is 1. The van der Waals surface area contributed by atoms with Crippen LogP contribution in [-0.4, -0.2) is 40.2 Å². The van der Waals surface area contributed by atoms with Crippen molar-refractivity contribution in [2.24, 2.45) is 5.41 Å². The summed E-state index contributed by atoms with van der Waals surface area (Å²) in [6, 6.07) is 11.7. The number of hydrogen-bond acceptors (Lipinski definition) is 4. The van der Waals surface area contributed by atoms with Crippen LogP contribution in [0, 0.1) is 16.7 Å². The number of rotatable bonds is 5. The summed E-state index contributed by atoms with van der Waals surface area (Å²) in [5.41, 5.74) is 1.19. The monoisotopic (exact) mass is 339 g/mol. The van der Waals surface area contributed by atoms with E-state index in [-0.39, 0.29) is 23.9 Å². The largest absolute Gasteiger partial charge is 0.308 e. The Morgan fingerprint density at radius 2 is 2.00 bits per heavy atom. The van der Waals surface area contributed by atoms with Gasteiger partial charge in [0, 0.05) is 6.04 Å². The number of aromatic nitrogens is 2. The number of carbonyl (C=O) groups excluding carboxylic acids is 1. The Morgan fingerprint density at radius 1 is 1.36 bits per heavy atom. The third-order valence-corrected chi connectivity index (χ3v) is 4.46. The van der Waals surface area contributed by atoms with Crippen molar-refractivity contribution in [1.29, 1.82) is 5.26 Å². The van der Waals surface area contributed by atoms with Crippen molar-refractivity contribution in [2.75, 3.05) is 18.9 Å². The lowest BCUT2D eigenvalue weighted by Crippen LogP contribution is -2.43. The van der Waals surface area contributed by atoms with E-state index in [1.807, 2.05) is 42.3 Å². The van der Waals surface area contributed by atoms with E-state index in [1.165, 1.54) is 6.20 Å². The minimum absolute atomic E-state index is 0.0681. The number of anilines is 1. The smallest absolute Gasteiger partial charge is 0.239 e. The van der Waals surface area contributed by atoms with Gasteiger partial charge in [-0.25, -0.2) is 4.68 Å². The predicted octanol–water partition coefficient (Wildman–Crippen LogP) is 3.05. The number of nitriles is 1. The Labute approximate surface area is 149 Å². The topological polar surface area (TPSA) is 74.0 Å². The van der Waals surface area contributed by atoms with Gasteiger partial charge in [-0.1, -0.05) is 39.0 Å². The highest BCUT2D eigenvalue weighted by Gasteiger charge is 2.25. The molecule has 6 heteroatoms. The molecule has 1 atom stereocenters. The highest BCUT2D eigenvalue weighted by Crippen LogP contribution is 2.23. The van der Waals surface area contributed by atoms with Crippen molar-refractivity contribution < 1.29 is 4.79 Å². The number of benzene rings is 1. The van der Waals surface area contributed by atoms with Gasteiger partial charge in [0.2, 0.25) is 5.91 Å². The lowest BCUT2D eigenvalue weighted by atomic mass is 9.87. The molecule has 2 aromatic rings. The second-order valence-corrected chi connectivity index (χ2v) is 7.27.